The molecule has 0 unspecified atom stereocenters. The molecule has 0 N–H and O–H groups in total. The third-order valence-corrected chi connectivity index (χ3v) is 0.644. The van der Waals surface area contributed by atoms with Crippen molar-refractivity contribution in [1.82, 2.24) is 0 Å². The van der Waals surface area contributed by atoms with E-state index in [1.165, 1.54) is 0 Å². The number of esters is 2. The lowest BCUT2D eigenvalue weighted by Gasteiger charge is -1.96. The molecule has 0 bridgehead atoms. The molecule has 0 aromatic carbocycles. The maximum atomic E-state index is 10.5. The number of carbonyl (C=O) groups is 2. The molecule has 4 nitrogen and oxygen atoms in total. The van der Waals surface area contributed by atoms with Crippen molar-refractivity contribution in [1.29, 1.82) is 0 Å². The standard InChI is InChI=1S/C7H6O4/c1-3-5-11-7(9)6(8)10-4-2/h1,4H,2,5H2. The highest BCUT2D eigenvalue weighted by Crippen LogP contribution is 1.83. The number of carbonyl (C=O) groups excluding carboxylic acids is 2. The van der Waals surface area contributed by atoms with Gasteiger partial charge in [0.05, 0.1) is 6.26 Å². The van der Waals surface area contributed by atoms with E-state index in [-0.39, 0.29) is 6.61 Å². The van der Waals surface area contributed by atoms with E-state index < -0.39 is 11.9 Å². The first-order valence-corrected chi connectivity index (χ1v) is 2.64. The highest BCUT2D eigenvalue weighted by Gasteiger charge is 2.14. The van der Waals surface area contributed by atoms with Gasteiger partial charge in [-0.2, -0.15) is 0 Å². The summed E-state index contributed by atoms with van der Waals surface area (Å²) < 4.78 is 8.29. The van der Waals surface area contributed by atoms with Crippen LogP contribution in [0.2, 0.25) is 0 Å². The van der Waals surface area contributed by atoms with Gasteiger partial charge in [0.1, 0.15) is 0 Å². The number of terminal acetylenes is 1. The SMILES string of the molecule is C#CCOC(=O)C(=O)OC=C. The highest BCUT2D eigenvalue weighted by molar-refractivity contribution is 6.29. The molecule has 0 saturated carbocycles. The molecule has 0 fully saturated rings. The molecule has 0 aliphatic carbocycles. The number of hydrogen-bond acceptors (Lipinski definition) is 4. The lowest BCUT2D eigenvalue weighted by atomic mass is 10.6. The van der Waals surface area contributed by atoms with Gasteiger partial charge in [-0.15, -0.1) is 6.42 Å². The van der Waals surface area contributed by atoms with Gasteiger partial charge in [0.15, 0.2) is 6.61 Å². The lowest BCUT2D eigenvalue weighted by molar-refractivity contribution is -0.163. The van der Waals surface area contributed by atoms with Crippen LogP contribution >= 0.6 is 0 Å². The first kappa shape index (κ1) is 9.24. The van der Waals surface area contributed by atoms with E-state index in [1.54, 1.807) is 0 Å². The number of hydrogen-bond donors (Lipinski definition) is 0. The van der Waals surface area contributed by atoms with Crippen LogP contribution in [0.15, 0.2) is 12.8 Å². The molecule has 0 spiro atoms. The van der Waals surface area contributed by atoms with Crippen LogP contribution in [0.4, 0.5) is 0 Å². The second kappa shape index (κ2) is 5.06. The van der Waals surface area contributed by atoms with Crippen molar-refractivity contribution in [3.8, 4) is 12.3 Å². The molecule has 0 radical (unpaired) electrons. The molecule has 0 aromatic heterocycles. The third kappa shape index (κ3) is 3.76. The topological polar surface area (TPSA) is 52.6 Å². The largest absolute Gasteiger partial charge is 0.444 e. The summed E-state index contributed by atoms with van der Waals surface area (Å²) in [6.07, 6.45) is 5.58. The molecule has 4 heteroatoms. The average Bonchev–Trinajstić information content (AvgIpc) is 2.00. The summed E-state index contributed by atoms with van der Waals surface area (Å²) >= 11 is 0. The van der Waals surface area contributed by atoms with Crippen LogP contribution in [0.3, 0.4) is 0 Å². The summed E-state index contributed by atoms with van der Waals surface area (Å²) in [5.41, 5.74) is 0. The van der Waals surface area contributed by atoms with Crippen molar-refractivity contribution in [2.75, 3.05) is 6.61 Å². The van der Waals surface area contributed by atoms with Crippen molar-refractivity contribution in [3.63, 3.8) is 0 Å². The molecule has 0 aliphatic rings. The minimum atomic E-state index is -1.13. The maximum absolute atomic E-state index is 10.5. The molecule has 0 atom stereocenters. The van der Waals surface area contributed by atoms with Gasteiger partial charge in [-0.25, -0.2) is 9.59 Å². The molecular formula is C7H6O4. The van der Waals surface area contributed by atoms with E-state index in [2.05, 4.69) is 16.1 Å². The molecule has 0 amide bonds. The smallest absolute Gasteiger partial charge is 0.422 e. The summed E-state index contributed by atoms with van der Waals surface area (Å²) in [5.74, 6) is -0.233. The van der Waals surface area contributed by atoms with Gasteiger partial charge in [0, 0.05) is 0 Å². The van der Waals surface area contributed by atoms with Crippen LogP contribution in [-0.4, -0.2) is 18.5 Å². The van der Waals surface area contributed by atoms with Crippen molar-refractivity contribution in [2.45, 2.75) is 0 Å². The Kier molecular flexibility index (Phi) is 4.25. The third-order valence-electron chi connectivity index (χ3n) is 0.644. The normalized spacial score (nSPS) is 7.55. The maximum Gasteiger partial charge on any atom is 0.422 e. The molecule has 0 rings (SSSR count). The minimum Gasteiger partial charge on any atom is -0.444 e. The van der Waals surface area contributed by atoms with Gasteiger partial charge in [0.25, 0.3) is 0 Å². The lowest BCUT2D eigenvalue weighted by Crippen LogP contribution is -2.18. The van der Waals surface area contributed by atoms with Gasteiger partial charge in [-0.05, 0) is 0 Å². The number of ether oxygens (including phenoxy) is 2. The Morgan fingerprint density at radius 2 is 2.18 bits per heavy atom. The predicted molar refractivity (Wildman–Crippen MR) is 36.1 cm³/mol. The fourth-order valence-electron chi connectivity index (χ4n) is 0.290. The van der Waals surface area contributed by atoms with Crippen LogP contribution in [0.5, 0.6) is 0 Å². The van der Waals surface area contributed by atoms with Crippen LogP contribution in [0.25, 0.3) is 0 Å². The quantitative estimate of drug-likeness (QED) is 0.240. The van der Waals surface area contributed by atoms with Gasteiger partial charge in [0.2, 0.25) is 0 Å². The summed E-state index contributed by atoms with van der Waals surface area (Å²) in [6.45, 7) is 2.83. The molecule has 0 aromatic rings. The van der Waals surface area contributed by atoms with E-state index in [1.807, 2.05) is 5.92 Å². The molecule has 0 aliphatic heterocycles. The fraction of sp³-hybridized carbons (Fsp3) is 0.143. The molecule has 11 heavy (non-hydrogen) atoms. The molecule has 0 saturated heterocycles. The van der Waals surface area contributed by atoms with Gasteiger partial charge in [-0.3, -0.25) is 0 Å². The molecule has 0 heterocycles. The highest BCUT2D eigenvalue weighted by atomic mass is 16.6. The predicted octanol–water partition coefficient (Wildman–Crippen LogP) is -0.151. The van der Waals surface area contributed by atoms with E-state index in [0.29, 0.717) is 0 Å². The van der Waals surface area contributed by atoms with Crippen LogP contribution in [0.1, 0.15) is 0 Å². The van der Waals surface area contributed by atoms with Gasteiger partial charge in [-0.1, -0.05) is 12.5 Å². The van der Waals surface area contributed by atoms with Crippen LogP contribution in [-0.2, 0) is 19.1 Å². The van der Waals surface area contributed by atoms with E-state index in [0.717, 1.165) is 6.26 Å². The first-order valence-electron chi connectivity index (χ1n) is 2.64. The summed E-state index contributed by atoms with van der Waals surface area (Å²) in [6, 6.07) is 0. The Hall–Kier alpha value is -1.76. The Balaban J connectivity index is 3.75. The van der Waals surface area contributed by atoms with Crippen molar-refractivity contribution in [2.24, 2.45) is 0 Å². The Morgan fingerprint density at radius 1 is 1.55 bits per heavy atom. The molecular weight excluding hydrogens is 148 g/mol. The van der Waals surface area contributed by atoms with Crippen LogP contribution in [0, 0.1) is 12.3 Å². The van der Waals surface area contributed by atoms with Gasteiger partial charge < -0.3 is 9.47 Å². The summed E-state index contributed by atoms with van der Waals surface area (Å²) in [5, 5.41) is 0. The van der Waals surface area contributed by atoms with Crippen molar-refractivity contribution >= 4 is 11.9 Å². The summed E-state index contributed by atoms with van der Waals surface area (Å²) in [4.78, 5) is 20.9. The molecule has 58 valence electrons. The van der Waals surface area contributed by atoms with Crippen molar-refractivity contribution in [3.05, 3.63) is 12.8 Å². The Morgan fingerprint density at radius 3 is 2.64 bits per heavy atom. The Bertz CT molecular complexity index is 211. The van der Waals surface area contributed by atoms with Crippen molar-refractivity contribution < 1.29 is 19.1 Å². The van der Waals surface area contributed by atoms with E-state index >= 15 is 0 Å². The zero-order valence-electron chi connectivity index (χ0n) is 5.70. The fourth-order valence-corrected chi connectivity index (χ4v) is 0.290. The minimum absolute atomic E-state index is 0.245. The van der Waals surface area contributed by atoms with E-state index in [9.17, 15) is 9.59 Å². The van der Waals surface area contributed by atoms with Gasteiger partial charge >= 0.3 is 11.9 Å². The van der Waals surface area contributed by atoms with E-state index in [4.69, 9.17) is 6.42 Å². The van der Waals surface area contributed by atoms with Crippen LogP contribution < -0.4 is 0 Å². The zero-order valence-corrected chi connectivity index (χ0v) is 5.70. The second-order valence-electron chi connectivity index (χ2n) is 1.35. The summed E-state index contributed by atoms with van der Waals surface area (Å²) in [7, 11) is 0. The second-order valence-corrected chi connectivity index (χ2v) is 1.35. The Labute approximate surface area is 63.8 Å². The number of rotatable bonds is 2. The first-order chi connectivity index (χ1) is 5.22. The zero-order chi connectivity index (χ0) is 8.69. The monoisotopic (exact) mass is 154 g/mol. The average molecular weight is 154 g/mol.